The maximum absolute atomic E-state index is 5.73. The summed E-state index contributed by atoms with van der Waals surface area (Å²) < 4.78 is 11.0. The van der Waals surface area contributed by atoms with E-state index in [1.54, 1.807) is 7.11 Å². The fourth-order valence-corrected chi connectivity index (χ4v) is 1.54. The van der Waals surface area contributed by atoms with Crippen molar-refractivity contribution in [3.8, 4) is 11.5 Å². The van der Waals surface area contributed by atoms with Gasteiger partial charge in [-0.3, -0.25) is 0 Å². The fraction of sp³-hybridized carbons (Fsp3) is 0.429. The third kappa shape index (κ3) is 4.59. The van der Waals surface area contributed by atoms with Gasteiger partial charge in [0.05, 0.1) is 7.11 Å². The van der Waals surface area contributed by atoms with Crippen LogP contribution in [-0.2, 0) is 6.54 Å². The first-order chi connectivity index (χ1) is 8.54. The molecule has 0 saturated heterocycles. The second kappa shape index (κ2) is 7.29. The van der Waals surface area contributed by atoms with Crippen molar-refractivity contribution < 1.29 is 9.47 Å². The van der Waals surface area contributed by atoms with Crippen molar-refractivity contribution in [3.63, 3.8) is 0 Å². The molecule has 3 nitrogen and oxygen atoms in total. The Hall–Kier alpha value is -1.19. The Balaban J connectivity index is 2.89. The Morgan fingerprint density at radius 3 is 2.72 bits per heavy atom. The Bertz CT molecular complexity index is 405. The Kier molecular flexibility index (Phi) is 6.02. The van der Waals surface area contributed by atoms with Crippen molar-refractivity contribution >= 4 is 11.6 Å². The number of nitrogens with one attached hydrogen (secondary N) is 1. The minimum atomic E-state index is 0.274. The zero-order valence-electron chi connectivity index (χ0n) is 11.1. The number of benzene rings is 1. The van der Waals surface area contributed by atoms with Gasteiger partial charge >= 0.3 is 0 Å². The van der Waals surface area contributed by atoms with Gasteiger partial charge in [-0.25, -0.2) is 0 Å². The maximum atomic E-state index is 5.73. The standard InChI is InChI=1S/C14H20ClNO2/c1-10(2)16-8-12-6-5-7-13(17-4)14(12)18-9-11(3)15/h5-7,10,16H,3,8-9H2,1-2,4H3. The molecule has 0 amide bonds. The molecule has 0 heterocycles. The van der Waals surface area contributed by atoms with E-state index in [-0.39, 0.29) is 6.61 Å². The first-order valence-electron chi connectivity index (χ1n) is 5.90. The van der Waals surface area contributed by atoms with E-state index >= 15 is 0 Å². The Labute approximate surface area is 114 Å². The summed E-state index contributed by atoms with van der Waals surface area (Å²) in [6, 6.07) is 6.22. The summed E-state index contributed by atoms with van der Waals surface area (Å²) >= 11 is 5.73. The molecular formula is C14H20ClNO2. The highest BCUT2D eigenvalue weighted by Gasteiger charge is 2.11. The summed E-state index contributed by atoms with van der Waals surface area (Å²) in [5.41, 5.74) is 1.04. The van der Waals surface area contributed by atoms with Crippen LogP contribution in [0.2, 0.25) is 0 Å². The molecule has 1 rings (SSSR count). The third-order valence-corrected chi connectivity index (χ3v) is 2.46. The minimum absolute atomic E-state index is 0.274. The van der Waals surface area contributed by atoms with E-state index in [0.29, 0.717) is 16.8 Å². The molecule has 0 aliphatic rings. The van der Waals surface area contributed by atoms with Crippen LogP contribution in [0.4, 0.5) is 0 Å². The molecule has 1 aromatic rings. The minimum Gasteiger partial charge on any atom is -0.493 e. The third-order valence-electron chi connectivity index (χ3n) is 2.35. The van der Waals surface area contributed by atoms with Crippen LogP contribution in [0.5, 0.6) is 11.5 Å². The topological polar surface area (TPSA) is 30.5 Å². The molecule has 1 N–H and O–H groups in total. The lowest BCUT2D eigenvalue weighted by Gasteiger charge is -2.16. The largest absolute Gasteiger partial charge is 0.493 e. The van der Waals surface area contributed by atoms with Crippen LogP contribution in [-0.4, -0.2) is 19.8 Å². The average molecular weight is 270 g/mol. The molecule has 0 radical (unpaired) electrons. The van der Waals surface area contributed by atoms with Gasteiger partial charge in [0, 0.05) is 23.2 Å². The smallest absolute Gasteiger partial charge is 0.166 e. The van der Waals surface area contributed by atoms with Gasteiger partial charge in [0.2, 0.25) is 0 Å². The molecule has 4 heteroatoms. The average Bonchev–Trinajstić information content (AvgIpc) is 2.33. The number of hydrogen-bond donors (Lipinski definition) is 1. The summed E-state index contributed by atoms with van der Waals surface area (Å²) in [5.74, 6) is 1.42. The molecule has 0 saturated carbocycles. The molecule has 0 atom stereocenters. The molecule has 0 aliphatic carbocycles. The summed E-state index contributed by atoms with van der Waals surface area (Å²) in [5, 5.41) is 3.81. The van der Waals surface area contributed by atoms with Crippen molar-refractivity contribution in [1.29, 1.82) is 0 Å². The van der Waals surface area contributed by atoms with Crippen molar-refractivity contribution in [1.82, 2.24) is 5.32 Å². The highest BCUT2D eigenvalue weighted by molar-refractivity contribution is 6.29. The van der Waals surface area contributed by atoms with E-state index in [1.807, 2.05) is 18.2 Å². The Morgan fingerprint density at radius 2 is 2.17 bits per heavy atom. The lowest BCUT2D eigenvalue weighted by Crippen LogP contribution is -2.22. The highest BCUT2D eigenvalue weighted by atomic mass is 35.5. The van der Waals surface area contributed by atoms with Crippen molar-refractivity contribution in [2.75, 3.05) is 13.7 Å². The lowest BCUT2D eigenvalue weighted by atomic mass is 10.1. The zero-order chi connectivity index (χ0) is 13.5. The summed E-state index contributed by atoms with van der Waals surface area (Å²) in [6.07, 6.45) is 0. The first-order valence-corrected chi connectivity index (χ1v) is 6.27. The molecule has 1 aromatic carbocycles. The van der Waals surface area contributed by atoms with Gasteiger partial charge in [0.25, 0.3) is 0 Å². The van der Waals surface area contributed by atoms with Crippen LogP contribution in [0, 0.1) is 0 Å². The summed E-state index contributed by atoms with van der Waals surface area (Å²) in [4.78, 5) is 0. The number of halogens is 1. The first kappa shape index (κ1) is 14.9. The fourth-order valence-electron chi connectivity index (χ4n) is 1.49. The van der Waals surface area contributed by atoms with Gasteiger partial charge in [-0.2, -0.15) is 0 Å². The van der Waals surface area contributed by atoms with Crippen LogP contribution in [0.1, 0.15) is 19.4 Å². The number of para-hydroxylation sites is 1. The molecule has 0 unspecified atom stereocenters. The van der Waals surface area contributed by atoms with Gasteiger partial charge in [-0.05, 0) is 6.07 Å². The van der Waals surface area contributed by atoms with Crippen LogP contribution in [0.25, 0.3) is 0 Å². The molecule has 0 bridgehead atoms. The zero-order valence-corrected chi connectivity index (χ0v) is 11.9. The van der Waals surface area contributed by atoms with Crippen molar-refractivity contribution in [2.24, 2.45) is 0 Å². The second-order valence-electron chi connectivity index (χ2n) is 4.29. The maximum Gasteiger partial charge on any atom is 0.166 e. The van der Waals surface area contributed by atoms with Gasteiger partial charge in [0.1, 0.15) is 6.61 Å². The van der Waals surface area contributed by atoms with E-state index in [9.17, 15) is 0 Å². The quantitative estimate of drug-likeness (QED) is 0.824. The van der Waals surface area contributed by atoms with E-state index in [2.05, 4.69) is 25.7 Å². The van der Waals surface area contributed by atoms with Crippen LogP contribution < -0.4 is 14.8 Å². The van der Waals surface area contributed by atoms with Gasteiger partial charge < -0.3 is 14.8 Å². The molecule has 0 fully saturated rings. The van der Waals surface area contributed by atoms with Gasteiger partial charge in [0.15, 0.2) is 11.5 Å². The molecule has 0 aromatic heterocycles. The molecular weight excluding hydrogens is 250 g/mol. The van der Waals surface area contributed by atoms with E-state index in [1.165, 1.54) is 0 Å². The molecule has 0 aliphatic heterocycles. The van der Waals surface area contributed by atoms with Crippen molar-refractivity contribution in [3.05, 3.63) is 35.4 Å². The predicted octanol–water partition coefficient (Wildman–Crippen LogP) is 3.32. The van der Waals surface area contributed by atoms with E-state index in [0.717, 1.165) is 17.9 Å². The van der Waals surface area contributed by atoms with Crippen molar-refractivity contribution in [2.45, 2.75) is 26.4 Å². The highest BCUT2D eigenvalue weighted by Crippen LogP contribution is 2.31. The Morgan fingerprint density at radius 1 is 1.44 bits per heavy atom. The number of hydrogen-bond acceptors (Lipinski definition) is 3. The predicted molar refractivity (Wildman–Crippen MR) is 75.5 cm³/mol. The SMILES string of the molecule is C=C(Cl)COc1c(CNC(C)C)cccc1OC. The van der Waals surface area contributed by atoms with E-state index in [4.69, 9.17) is 21.1 Å². The number of rotatable bonds is 7. The van der Waals surface area contributed by atoms with Gasteiger partial charge in [-0.15, -0.1) is 0 Å². The lowest BCUT2D eigenvalue weighted by molar-refractivity contribution is 0.319. The summed E-state index contributed by atoms with van der Waals surface area (Å²) in [7, 11) is 1.62. The number of ether oxygens (including phenoxy) is 2. The summed E-state index contributed by atoms with van der Waals surface area (Å²) in [6.45, 7) is 8.81. The van der Waals surface area contributed by atoms with Gasteiger partial charge in [-0.1, -0.05) is 44.2 Å². The molecule has 100 valence electrons. The van der Waals surface area contributed by atoms with E-state index < -0.39 is 0 Å². The number of methoxy groups -OCH3 is 1. The normalized spacial score (nSPS) is 10.5. The second-order valence-corrected chi connectivity index (χ2v) is 4.82. The molecule has 0 spiro atoms. The monoisotopic (exact) mass is 269 g/mol. The van der Waals surface area contributed by atoms with Crippen LogP contribution in [0.15, 0.2) is 29.8 Å². The molecule has 18 heavy (non-hydrogen) atoms. The van der Waals surface area contributed by atoms with Crippen LogP contribution >= 0.6 is 11.6 Å². The van der Waals surface area contributed by atoms with Crippen LogP contribution in [0.3, 0.4) is 0 Å².